The van der Waals surface area contributed by atoms with Gasteiger partial charge in [0, 0.05) is 6.61 Å². The topological polar surface area (TPSA) is 47.0 Å². The molecule has 2 atom stereocenters. The van der Waals surface area contributed by atoms with Crippen LogP contribution in [0, 0.1) is 0 Å². The summed E-state index contributed by atoms with van der Waals surface area (Å²) in [5.74, 6) is 0. The normalized spacial score (nSPS) is 30.8. The van der Waals surface area contributed by atoms with Crippen molar-refractivity contribution in [3.8, 4) is 0 Å². The smallest absolute Gasteiger partial charge is 0.146 e. The highest BCUT2D eigenvalue weighted by atomic mass is 32.1. The highest BCUT2D eigenvalue weighted by Gasteiger charge is 2.24. The average molecular weight is 239 g/mol. The first kappa shape index (κ1) is 10.6. The lowest BCUT2D eigenvalue weighted by Crippen LogP contribution is -2.26. The highest BCUT2D eigenvalue weighted by molar-refractivity contribution is 7.11. The summed E-state index contributed by atoms with van der Waals surface area (Å²) >= 11 is 1.73. The van der Waals surface area contributed by atoms with Gasteiger partial charge in [-0.15, -0.1) is 10.2 Å². The molecule has 0 aromatic carbocycles. The van der Waals surface area contributed by atoms with Crippen LogP contribution in [0.15, 0.2) is 0 Å². The first-order valence-corrected chi connectivity index (χ1v) is 6.93. The van der Waals surface area contributed by atoms with Crippen LogP contribution in [0.3, 0.4) is 0 Å². The number of nitrogens with one attached hydrogen (secondary N) is 1. The maximum absolute atomic E-state index is 5.63. The number of hydrogen-bond acceptors (Lipinski definition) is 5. The molecule has 4 nitrogen and oxygen atoms in total. The van der Waals surface area contributed by atoms with Crippen LogP contribution < -0.4 is 5.32 Å². The van der Waals surface area contributed by atoms with Crippen molar-refractivity contribution in [3.05, 3.63) is 10.0 Å². The van der Waals surface area contributed by atoms with E-state index in [1.54, 1.807) is 11.3 Å². The van der Waals surface area contributed by atoms with E-state index >= 15 is 0 Å². The molecule has 1 N–H and O–H groups in total. The molecule has 0 spiro atoms. The fraction of sp³-hybridized carbons (Fsp3) is 0.818. The van der Waals surface area contributed by atoms with Crippen LogP contribution in [-0.4, -0.2) is 23.3 Å². The van der Waals surface area contributed by atoms with Gasteiger partial charge >= 0.3 is 0 Å². The molecule has 16 heavy (non-hydrogen) atoms. The van der Waals surface area contributed by atoms with Gasteiger partial charge in [-0.1, -0.05) is 17.8 Å². The van der Waals surface area contributed by atoms with Crippen LogP contribution in [0.1, 0.15) is 54.3 Å². The molecule has 2 fully saturated rings. The minimum atomic E-state index is 0.217. The van der Waals surface area contributed by atoms with Crippen molar-refractivity contribution < 1.29 is 4.74 Å². The average Bonchev–Trinajstić information content (AvgIpc) is 3.01. The first-order chi connectivity index (χ1) is 7.93. The second-order valence-corrected chi connectivity index (χ2v) is 5.52. The first-order valence-electron chi connectivity index (χ1n) is 6.12. The SMILES string of the molecule is C1CCC(c2nnc(C3CCCO3)s2)NC1. The van der Waals surface area contributed by atoms with Crippen LogP contribution in [0.4, 0.5) is 0 Å². The fourth-order valence-corrected chi connectivity index (χ4v) is 3.39. The van der Waals surface area contributed by atoms with Gasteiger partial charge in [-0.25, -0.2) is 0 Å². The van der Waals surface area contributed by atoms with Gasteiger partial charge in [0.2, 0.25) is 0 Å². The molecule has 0 radical (unpaired) electrons. The fourth-order valence-electron chi connectivity index (χ4n) is 2.35. The summed E-state index contributed by atoms with van der Waals surface area (Å²) in [6, 6.07) is 0.432. The van der Waals surface area contributed by atoms with E-state index < -0.39 is 0 Å². The van der Waals surface area contributed by atoms with Crippen molar-refractivity contribution in [1.82, 2.24) is 15.5 Å². The summed E-state index contributed by atoms with van der Waals surface area (Å²) in [7, 11) is 0. The monoisotopic (exact) mass is 239 g/mol. The van der Waals surface area contributed by atoms with Gasteiger partial charge in [-0.05, 0) is 32.2 Å². The number of hydrogen-bond donors (Lipinski definition) is 1. The van der Waals surface area contributed by atoms with Gasteiger partial charge in [0.1, 0.15) is 16.1 Å². The summed E-state index contributed by atoms with van der Waals surface area (Å²) in [5, 5.41) is 14.3. The van der Waals surface area contributed by atoms with E-state index in [1.165, 1.54) is 19.3 Å². The Labute approximate surface area is 99.4 Å². The summed E-state index contributed by atoms with van der Waals surface area (Å²) in [5.41, 5.74) is 0. The third-order valence-corrected chi connectivity index (χ3v) is 4.40. The predicted molar refractivity (Wildman–Crippen MR) is 62.4 cm³/mol. The third kappa shape index (κ3) is 2.12. The van der Waals surface area contributed by atoms with Crippen LogP contribution in [-0.2, 0) is 4.74 Å². The zero-order valence-electron chi connectivity index (χ0n) is 9.32. The molecule has 2 aliphatic rings. The van der Waals surface area contributed by atoms with Crippen molar-refractivity contribution in [2.75, 3.05) is 13.2 Å². The van der Waals surface area contributed by atoms with Gasteiger partial charge in [-0.2, -0.15) is 0 Å². The molecule has 88 valence electrons. The van der Waals surface area contributed by atoms with E-state index in [4.69, 9.17) is 4.74 Å². The molecular weight excluding hydrogens is 222 g/mol. The molecular formula is C11H17N3OS. The van der Waals surface area contributed by atoms with Crippen LogP contribution in [0.2, 0.25) is 0 Å². The van der Waals surface area contributed by atoms with Gasteiger partial charge in [0.15, 0.2) is 0 Å². The molecule has 1 aromatic rings. The summed E-state index contributed by atoms with van der Waals surface area (Å²) < 4.78 is 5.63. The van der Waals surface area contributed by atoms with Gasteiger partial charge < -0.3 is 10.1 Å². The minimum Gasteiger partial charge on any atom is -0.371 e. The number of rotatable bonds is 2. The Kier molecular flexibility index (Phi) is 3.17. The number of piperidine rings is 1. The molecule has 5 heteroatoms. The van der Waals surface area contributed by atoms with Crippen LogP contribution in [0.5, 0.6) is 0 Å². The minimum absolute atomic E-state index is 0.217. The lowest BCUT2D eigenvalue weighted by molar-refractivity contribution is 0.111. The van der Waals surface area contributed by atoms with Crippen LogP contribution >= 0.6 is 11.3 Å². The lowest BCUT2D eigenvalue weighted by Gasteiger charge is -2.20. The molecule has 2 unspecified atom stereocenters. The summed E-state index contributed by atoms with van der Waals surface area (Å²) in [6.45, 7) is 1.99. The van der Waals surface area contributed by atoms with Crippen LogP contribution in [0.25, 0.3) is 0 Å². The molecule has 3 rings (SSSR count). The number of ether oxygens (including phenoxy) is 1. The Bertz CT molecular complexity index is 343. The van der Waals surface area contributed by atoms with E-state index in [9.17, 15) is 0 Å². The third-order valence-electron chi connectivity index (χ3n) is 3.27. The van der Waals surface area contributed by atoms with E-state index in [0.717, 1.165) is 36.0 Å². The standard InChI is InChI=1S/C11H17N3OS/c1-2-6-12-8(4-1)10-13-14-11(16-10)9-5-3-7-15-9/h8-9,12H,1-7H2. The maximum Gasteiger partial charge on any atom is 0.146 e. The van der Waals surface area contributed by atoms with E-state index in [2.05, 4.69) is 15.5 Å². The van der Waals surface area contributed by atoms with Crippen molar-refractivity contribution in [2.24, 2.45) is 0 Å². The second-order valence-electron chi connectivity index (χ2n) is 4.48. The maximum atomic E-state index is 5.63. The van der Waals surface area contributed by atoms with E-state index in [0.29, 0.717) is 6.04 Å². The molecule has 1 aromatic heterocycles. The molecule has 3 heterocycles. The summed E-state index contributed by atoms with van der Waals surface area (Å²) in [6.07, 6.45) is 6.25. The van der Waals surface area contributed by atoms with E-state index in [-0.39, 0.29) is 6.10 Å². The quantitative estimate of drug-likeness (QED) is 0.859. The molecule has 2 saturated heterocycles. The van der Waals surface area contributed by atoms with Crippen molar-refractivity contribution in [1.29, 1.82) is 0 Å². The lowest BCUT2D eigenvalue weighted by atomic mass is 10.1. The second kappa shape index (κ2) is 4.77. The molecule has 0 aliphatic carbocycles. The number of aromatic nitrogens is 2. The Morgan fingerprint density at radius 2 is 2.06 bits per heavy atom. The molecule has 0 bridgehead atoms. The van der Waals surface area contributed by atoms with Gasteiger partial charge in [-0.3, -0.25) is 0 Å². The Morgan fingerprint density at radius 1 is 1.12 bits per heavy atom. The molecule has 2 aliphatic heterocycles. The van der Waals surface area contributed by atoms with E-state index in [1.807, 2.05) is 0 Å². The summed E-state index contributed by atoms with van der Waals surface area (Å²) in [4.78, 5) is 0. The highest BCUT2D eigenvalue weighted by Crippen LogP contribution is 2.33. The van der Waals surface area contributed by atoms with Gasteiger partial charge in [0.05, 0.1) is 6.04 Å². The largest absolute Gasteiger partial charge is 0.371 e. The Balaban J connectivity index is 1.71. The van der Waals surface area contributed by atoms with Gasteiger partial charge in [0.25, 0.3) is 0 Å². The van der Waals surface area contributed by atoms with Crippen molar-refractivity contribution >= 4 is 11.3 Å². The number of nitrogens with zero attached hydrogens (tertiary/aromatic N) is 2. The predicted octanol–water partition coefficient (Wildman–Crippen LogP) is 2.20. The Hall–Kier alpha value is -0.520. The van der Waals surface area contributed by atoms with Crippen molar-refractivity contribution in [3.63, 3.8) is 0 Å². The zero-order valence-corrected chi connectivity index (χ0v) is 10.1. The van der Waals surface area contributed by atoms with Crippen molar-refractivity contribution in [2.45, 2.75) is 44.2 Å². The molecule has 0 saturated carbocycles. The zero-order chi connectivity index (χ0) is 10.8. The Morgan fingerprint density at radius 3 is 2.81 bits per heavy atom. The molecule has 0 amide bonds.